The molecule has 1 amide bonds. The van der Waals surface area contributed by atoms with E-state index in [0.717, 1.165) is 5.56 Å². The second-order valence-electron chi connectivity index (χ2n) is 6.64. The first-order valence-corrected chi connectivity index (χ1v) is 10.1. The number of esters is 1. The van der Waals surface area contributed by atoms with Crippen LogP contribution in [-0.4, -0.2) is 28.6 Å². The van der Waals surface area contributed by atoms with Gasteiger partial charge in [0.25, 0.3) is 5.91 Å². The highest BCUT2D eigenvalue weighted by atomic mass is 35.5. The second-order valence-corrected chi connectivity index (χ2v) is 7.46. The Morgan fingerprint density at radius 2 is 1.90 bits per heavy atom. The maximum Gasteiger partial charge on any atom is 0.306 e. The summed E-state index contributed by atoms with van der Waals surface area (Å²) in [5.74, 6) is -0.888. The number of nitrogens with one attached hydrogen (secondary N) is 1. The molecule has 1 aromatic heterocycles. The van der Waals surface area contributed by atoms with E-state index in [1.807, 2.05) is 0 Å². The van der Waals surface area contributed by atoms with E-state index < -0.39 is 18.5 Å². The molecular weight excluding hydrogens is 448 g/mol. The summed E-state index contributed by atoms with van der Waals surface area (Å²) >= 11 is 11.9. The molecule has 0 radical (unpaired) electrons. The summed E-state index contributed by atoms with van der Waals surface area (Å²) in [4.78, 5) is 28.1. The minimum atomic E-state index is -0.584. The van der Waals surface area contributed by atoms with Gasteiger partial charge in [-0.25, -0.2) is 4.39 Å². The summed E-state index contributed by atoms with van der Waals surface area (Å²) in [5.41, 5.74) is 1.36. The molecule has 10 heteroatoms. The molecule has 3 aromatic rings. The van der Waals surface area contributed by atoms with Gasteiger partial charge in [-0.05, 0) is 48.9 Å². The van der Waals surface area contributed by atoms with E-state index >= 15 is 0 Å². The van der Waals surface area contributed by atoms with Crippen molar-refractivity contribution in [3.63, 3.8) is 0 Å². The number of hydrogen-bond donors (Lipinski definition) is 1. The molecule has 0 fully saturated rings. The maximum absolute atomic E-state index is 13.0. The minimum absolute atomic E-state index is 0.0410. The van der Waals surface area contributed by atoms with E-state index in [9.17, 15) is 14.0 Å². The number of hydrogen-bond acceptors (Lipinski definition) is 6. The first-order valence-electron chi connectivity index (χ1n) is 9.30. The van der Waals surface area contributed by atoms with Crippen molar-refractivity contribution in [3.05, 3.63) is 69.8 Å². The predicted octanol–water partition coefficient (Wildman–Crippen LogP) is 4.54. The molecule has 162 valence electrons. The number of ether oxygens (including phenoxy) is 1. The Morgan fingerprint density at radius 3 is 2.61 bits per heavy atom. The molecule has 2 aromatic carbocycles. The number of halogens is 3. The molecule has 0 aliphatic carbocycles. The quantitative estimate of drug-likeness (QED) is 0.490. The van der Waals surface area contributed by atoms with Crippen molar-refractivity contribution in [3.8, 4) is 11.4 Å². The van der Waals surface area contributed by atoms with Crippen molar-refractivity contribution >= 4 is 35.1 Å². The predicted molar refractivity (Wildman–Crippen MR) is 112 cm³/mol. The first kappa shape index (κ1) is 22.7. The molecule has 31 heavy (non-hydrogen) atoms. The molecular formula is C21H18Cl2FN3O4. The molecule has 1 unspecified atom stereocenters. The molecule has 1 atom stereocenters. The van der Waals surface area contributed by atoms with Crippen LogP contribution in [0.25, 0.3) is 11.4 Å². The number of aromatic nitrogens is 2. The van der Waals surface area contributed by atoms with E-state index in [1.54, 1.807) is 25.1 Å². The summed E-state index contributed by atoms with van der Waals surface area (Å²) in [5, 5.41) is 7.32. The number of amides is 1. The molecule has 0 saturated carbocycles. The molecule has 3 rings (SSSR count). The second kappa shape index (κ2) is 10.4. The number of nitrogens with zero attached hydrogens (tertiary/aromatic N) is 2. The molecule has 0 aliphatic rings. The fraction of sp³-hybridized carbons (Fsp3) is 0.238. The number of carbonyl (C=O) groups is 2. The van der Waals surface area contributed by atoms with Crippen LogP contribution in [-0.2, 0) is 20.7 Å². The lowest BCUT2D eigenvalue weighted by Crippen LogP contribution is -2.31. The lowest BCUT2D eigenvalue weighted by Gasteiger charge is -2.15. The highest BCUT2D eigenvalue weighted by Crippen LogP contribution is 2.25. The van der Waals surface area contributed by atoms with Crippen LogP contribution in [0.15, 0.2) is 47.0 Å². The van der Waals surface area contributed by atoms with Gasteiger partial charge in [0.15, 0.2) is 6.61 Å². The standard InChI is InChI=1S/C21H18Cl2FN3O4/c1-12(14-4-7-16(22)17(23)10-14)25-18(28)11-30-20(29)9-8-19-26-21(27-31-19)13-2-5-15(24)6-3-13/h2-7,10,12H,8-9,11H2,1H3,(H,25,28). The van der Waals surface area contributed by atoms with Crippen LogP contribution in [0.3, 0.4) is 0 Å². The first-order chi connectivity index (χ1) is 14.8. The zero-order chi connectivity index (χ0) is 22.4. The van der Waals surface area contributed by atoms with Crippen molar-refractivity contribution in [1.82, 2.24) is 15.5 Å². The largest absolute Gasteiger partial charge is 0.456 e. The molecule has 0 saturated heterocycles. The number of aryl methyl sites for hydroxylation is 1. The van der Waals surface area contributed by atoms with Gasteiger partial charge in [-0.1, -0.05) is 34.4 Å². The minimum Gasteiger partial charge on any atom is -0.456 e. The zero-order valence-electron chi connectivity index (χ0n) is 16.4. The van der Waals surface area contributed by atoms with Crippen LogP contribution in [0.4, 0.5) is 4.39 Å². The fourth-order valence-electron chi connectivity index (χ4n) is 2.65. The van der Waals surface area contributed by atoms with Gasteiger partial charge < -0.3 is 14.6 Å². The van der Waals surface area contributed by atoms with Crippen LogP contribution in [0.5, 0.6) is 0 Å². The number of carbonyl (C=O) groups excluding carboxylic acids is 2. The van der Waals surface area contributed by atoms with Crippen LogP contribution >= 0.6 is 23.2 Å². The lowest BCUT2D eigenvalue weighted by atomic mass is 10.1. The van der Waals surface area contributed by atoms with Gasteiger partial charge in [0, 0.05) is 12.0 Å². The average Bonchev–Trinajstić information content (AvgIpc) is 3.22. The summed E-state index contributed by atoms with van der Waals surface area (Å²) < 4.78 is 23.0. The Hall–Kier alpha value is -2.97. The van der Waals surface area contributed by atoms with Gasteiger partial charge in [0.2, 0.25) is 11.7 Å². The van der Waals surface area contributed by atoms with Crippen molar-refractivity contribution in [1.29, 1.82) is 0 Å². The third kappa shape index (κ3) is 6.50. The molecule has 0 bridgehead atoms. The third-order valence-electron chi connectivity index (χ3n) is 4.30. The highest BCUT2D eigenvalue weighted by molar-refractivity contribution is 6.42. The van der Waals surface area contributed by atoms with Gasteiger partial charge in [0.05, 0.1) is 22.5 Å². The van der Waals surface area contributed by atoms with Gasteiger partial charge in [0.1, 0.15) is 5.82 Å². The maximum atomic E-state index is 13.0. The molecule has 0 aliphatic heterocycles. The van der Waals surface area contributed by atoms with Gasteiger partial charge in [-0.3, -0.25) is 9.59 Å². The van der Waals surface area contributed by atoms with Crippen molar-refractivity contribution in [2.45, 2.75) is 25.8 Å². The monoisotopic (exact) mass is 465 g/mol. The van der Waals surface area contributed by atoms with Gasteiger partial charge in [-0.2, -0.15) is 4.98 Å². The fourth-order valence-corrected chi connectivity index (χ4v) is 2.95. The summed E-state index contributed by atoms with van der Waals surface area (Å²) in [6, 6.07) is 10.3. The van der Waals surface area contributed by atoms with Crippen LogP contribution < -0.4 is 5.32 Å². The number of benzene rings is 2. The average molecular weight is 466 g/mol. The third-order valence-corrected chi connectivity index (χ3v) is 5.04. The molecule has 0 spiro atoms. The number of rotatable bonds is 8. The Bertz CT molecular complexity index is 1070. The van der Waals surface area contributed by atoms with Crippen LogP contribution in [0, 0.1) is 5.82 Å². The zero-order valence-corrected chi connectivity index (χ0v) is 17.9. The van der Waals surface area contributed by atoms with Gasteiger partial charge >= 0.3 is 5.97 Å². The Morgan fingerprint density at radius 1 is 1.16 bits per heavy atom. The van der Waals surface area contributed by atoms with E-state index in [2.05, 4.69) is 15.5 Å². The Balaban J connectivity index is 1.42. The highest BCUT2D eigenvalue weighted by Gasteiger charge is 2.15. The summed E-state index contributed by atoms with van der Waals surface area (Å²) in [6.07, 6.45) is 0.106. The van der Waals surface area contributed by atoms with Crippen LogP contribution in [0.1, 0.15) is 30.8 Å². The summed E-state index contributed by atoms with van der Waals surface area (Å²) in [7, 11) is 0. The van der Waals surface area contributed by atoms with E-state index in [0.29, 0.717) is 21.4 Å². The van der Waals surface area contributed by atoms with E-state index in [1.165, 1.54) is 24.3 Å². The molecule has 1 N–H and O–H groups in total. The summed E-state index contributed by atoms with van der Waals surface area (Å²) in [6.45, 7) is 1.35. The lowest BCUT2D eigenvalue weighted by molar-refractivity contribution is -0.148. The normalized spacial score (nSPS) is 11.7. The topological polar surface area (TPSA) is 94.3 Å². The Labute approximate surface area is 187 Å². The SMILES string of the molecule is CC(NC(=O)COC(=O)CCc1nc(-c2ccc(F)cc2)no1)c1ccc(Cl)c(Cl)c1. The van der Waals surface area contributed by atoms with Crippen molar-refractivity contribution in [2.24, 2.45) is 0 Å². The smallest absolute Gasteiger partial charge is 0.306 e. The Kier molecular flexibility index (Phi) is 7.59. The molecule has 1 heterocycles. The molecule has 7 nitrogen and oxygen atoms in total. The van der Waals surface area contributed by atoms with Crippen molar-refractivity contribution in [2.75, 3.05) is 6.61 Å². The van der Waals surface area contributed by atoms with E-state index in [-0.39, 0.29) is 30.6 Å². The van der Waals surface area contributed by atoms with Crippen molar-refractivity contribution < 1.29 is 23.2 Å². The van der Waals surface area contributed by atoms with E-state index in [4.69, 9.17) is 32.5 Å². The van der Waals surface area contributed by atoms with Gasteiger partial charge in [-0.15, -0.1) is 0 Å². The van der Waals surface area contributed by atoms with Crippen LogP contribution in [0.2, 0.25) is 10.0 Å².